The van der Waals surface area contributed by atoms with E-state index < -0.39 is 0 Å². The van der Waals surface area contributed by atoms with E-state index in [-0.39, 0.29) is 0 Å². The van der Waals surface area contributed by atoms with E-state index in [0.29, 0.717) is 0 Å². The molecule has 0 spiro atoms. The quantitative estimate of drug-likeness (QED) is 0.802. The Kier molecular flexibility index (Phi) is 2.31. The highest BCUT2D eigenvalue weighted by atomic mass is 15.2. The first-order valence-corrected chi connectivity index (χ1v) is 5.81. The molecule has 1 aliphatic rings. The molecule has 0 aromatic carbocycles. The van der Waals surface area contributed by atoms with Crippen LogP contribution in [0.25, 0.3) is 0 Å². The van der Waals surface area contributed by atoms with E-state index in [1.807, 2.05) is 26.1 Å². The van der Waals surface area contributed by atoms with E-state index in [9.17, 15) is 0 Å². The third-order valence-corrected chi connectivity index (χ3v) is 3.08. The number of aryl methyl sites for hydroxylation is 2. The van der Waals surface area contributed by atoms with Crippen LogP contribution in [0.1, 0.15) is 22.8 Å². The van der Waals surface area contributed by atoms with Crippen molar-refractivity contribution in [2.24, 2.45) is 0 Å². The molecule has 0 radical (unpaired) electrons. The van der Waals surface area contributed by atoms with Crippen LogP contribution in [0.4, 0.5) is 5.82 Å². The first-order valence-electron chi connectivity index (χ1n) is 5.81. The monoisotopic (exact) mass is 229 g/mol. The predicted molar refractivity (Wildman–Crippen MR) is 64.8 cm³/mol. The molecule has 0 bridgehead atoms. The molecule has 17 heavy (non-hydrogen) atoms. The molecule has 5 nitrogen and oxygen atoms in total. The largest absolute Gasteiger partial charge is 0.352 e. The average Bonchev–Trinajstić information content (AvgIpc) is 2.74. The molecular formula is C12H15N5. The van der Waals surface area contributed by atoms with Gasteiger partial charge in [0.1, 0.15) is 11.6 Å². The fourth-order valence-corrected chi connectivity index (χ4v) is 2.28. The van der Waals surface area contributed by atoms with E-state index >= 15 is 0 Å². The summed E-state index contributed by atoms with van der Waals surface area (Å²) in [5.74, 6) is 1.85. The number of nitrogens with zero attached hydrogens (tertiary/aromatic N) is 4. The van der Waals surface area contributed by atoms with Gasteiger partial charge in [0, 0.05) is 42.5 Å². The normalized spacial score (nSPS) is 14.8. The number of hydrogen-bond acceptors (Lipinski definition) is 4. The van der Waals surface area contributed by atoms with Crippen LogP contribution in [-0.2, 0) is 13.0 Å². The van der Waals surface area contributed by atoms with Crippen molar-refractivity contribution in [2.45, 2.75) is 26.8 Å². The van der Waals surface area contributed by atoms with Crippen LogP contribution in [0.2, 0.25) is 0 Å². The summed E-state index contributed by atoms with van der Waals surface area (Å²) >= 11 is 0. The van der Waals surface area contributed by atoms with Crippen LogP contribution >= 0.6 is 0 Å². The average molecular weight is 229 g/mol. The standard InChI is InChI=1S/C12H15N5/c1-8-5-12(15-9(2)14-8)17-4-3-11-10(7-17)6-13-16-11/h5-6H,3-4,7H2,1-2H3,(H,13,16). The molecule has 0 unspecified atom stereocenters. The number of nitrogens with one attached hydrogen (secondary N) is 1. The van der Waals surface area contributed by atoms with Crippen LogP contribution in [-0.4, -0.2) is 26.7 Å². The van der Waals surface area contributed by atoms with Crippen molar-refractivity contribution in [2.75, 3.05) is 11.4 Å². The highest BCUT2D eigenvalue weighted by molar-refractivity contribution is 5.43. The summed E-state index contributed by atoms with van der Waals surface area (Å²) in [6.07, 6.45) is 2.90. The molecule has 2 aromatic rings. The maximum atomic E-state index is 4.50. The molecule has 0 atom stereocenters. The van der Waals surface area contributed by atoms with Gasteiger partial charge in [0.25, 0.3) is 0 Å². The molecule has 2 aromatic heterocycles. The second-order valence-corrected chi connectivity index (χ2v) is 4.46. The molecule has 0 fully saturated rings. The topological polar surface area (TPSA) is 57.7 Å². The third-order valence-electron chi connectivity index (χ3n) is 3.08. The number of aromatic nitrogens is 4. The summed E-state index contributed by atoms with van der Waals surface area (Å²) in [7, 11) is 0. The fourth-order valence-electron chi connectivity index (χ4n) is 2.28. The summed E-state index contributed by atoms with van der Waals surface area (Å²) in [6, 6.07) is 2.04. The molecule has 1 aliphatic heterocycles. The molecule has 5 heteroatoms. The number of fused-ring (bicyclic) bond motifs is 1. The molecule has 3 rings (SSSR count). The maximum Gasteiger partial charge on any atom is 0.132 e. The van der Waals surface area contributed by atoms with Crippen LogP contribution in [0.3, 0.4) is 0 Å². The van der Waals surface area contributed by atoms with E-state index in [4.69, 9.17) is 0 Å². The minimum absolute atomic E-state index is 0.831. The van der Waals surface area contributed by atoms with Crippen LogP contribution in [0.15, 0.2) is 12.3 Å². The Labute approximate surface area is 99.9 Å². The van der Waals surface area contributed by atoms with E-state index in [1.54, 1.807) is 0 Å². The van der Waals surface area contributed by atoms with Gasteiger partial charge >= 0.3 is 0 Å². The summed E-state index contributed by atoms with van der Waals surface area (Å²) < 4.78 is 0. The van der Waals surface area contributed by atoms with Gasteiger partial charge in [-0.3, -0.25) is 5.10 Å². The molecule has 88 valence electrons. The second-order valence-electron chi connectivity index (χ2n) is 4.46. The van der Waals surface area contributed by atoms with Crippen molar-refractivity contribution in [3.05, 3.63) is 35.0 Å². The van der Waals surface area contributed by atoms with Gasteiger partial charge in [0.2, 0.25) is 0 Å². The van der Waals surface area contributed by atoms with Gasteiger partial charge in [-0.1, -0.05) is 0 Å². The lowest BCUT2D eigenvalue weighted by Crippen LogP contribution is -2.31. The van der Waals surface area contributed by atoms with E-state index in [0.717, 1.165) is 36.8 Å². The van der Waals surface area contributed by atoms with Crippen LogP contribution in [0.5, 0.6) is 0 Å². The van der Waals surface area contributed by atoms with Gasteiger partial charge < -0.3 is 4.90 Å². The molecule has 0 saturated carbocycles. The number of anilines is 1. The minimum atomic E-state index is 0.831. The summed E-state index contributed by atoms with van der Waals surface area (Å²) in [4.78, 5) is 11.1. The Balaban J connectivity index is 1.91. The van der Waals surface area contributed by atoms with Crippen molar-refractivity contribution < 1.29 is 0 Å². The Morgan fingerprint density at radius 3 is 3.00 bits per heavy atom. The molecular weight excluding hydrogens is 214 g/mol. The van der Waals surface area contributed by atoms with Gasteiger partial charge in [-0.15, -0.1) is 0 Å². The molecule has 3 heterocycles. The molecule has 0 amide bonds. The maximum absolute atomic E-state index is 4.50. The first kappa shape index (κ1) is 10.3. The zero-order valence-corrected chi connectivity index (χ0v) is 10.1. The van der Waals surface area contributed by atoms with Gasteiger partial charge in [0.05, 0.1) is 6.20 Å². The van der Waals surface area contributed by atoms with Crippen molar-refractivity contribution >= 4 is 5.82 Å². The number of hydrogen-bond donors (Lipinski definition) is 1. The lowest BCUT2D eigenvalue weighted by atomic mass is 10.1. The molecule has 1 N–H and O–H groups in total. The lowest BCUT2D eigenvalue weighted by molar-refractivity contribution is 0.706. The summed E-state index contributed by atoms with van der Waals surface area (Å²) in [5, 5.41) is 7.13. The van der Waals surface area contributed by atoms with Crippen LogP contribution in [0, 0.1) is 13.8 Å². The Morgan fingerprint density at radius 2 is 2.18 bits per heavy atom. The van der Waals surface area contributed by atoms with Gasteiger partial charge in [-0.25, -0.2) is 9.97 Å². The highest BCUT2D eigenvalue weighted by Crippen LogP contribution is 2.21. The zero-order valence-electron chi connectivity index (χ0n) is 10.1. The molecule has 0 saturated heterocycles. The lowest BCUT2D eigenvalue weighted by Gasteiger charge is -2.27. The van der Waals surface area contributed by atoms with Gasteiger partial charge in [-0.2, -0.15) is 5.10 Å². The van der Waals surface area contributed by atoms with Crippen LogP contribution < -0.4 is 4.90 Å². The third kappa shape index (κ3) is 1.88. The summed E-state index contributed by atoms with van der Waals surface area (Å²) in [6.45, 7) is 5.79. The minimum Gasteiger partial charge on any atom is -0.352 e. The number of H-pyrrole nitrogens is 1. The molecule has 0 aliphatic carbocycles. The van der Waals surface area contributed by atoms with Crippen molar-refractivity contribution in [3.8, 4) is 0 Å². The van der Waals surface area contributed by atoms with E-state index in [2.05, 4.69) is 25.1 Å². The predicted octanol–water partition coefficient (Wildman–Crippen LogP) is 1.38. The Hall–Kier alpha value is -1.91. The zero-order chi connectivity index (χ0) is 11.8. The fraction of sp³-hybridized carbons (Fsp3) is 0.417. The smallest absolute Gasteiger partial charge is 0.132 e. The SMILES string of the molecule is Cc1cc(N2CCc3[nH]ncc3C2)nc(C)n1. The summed E-state index contributed by atoms with van der Waals surface area (Å²) in [5.41, 5.74) is 3.54. The van der Waals surface area contributed by atoms with Crippen molar-refractivity contribution in [1.29, 1.82) is 0 Å². The number of aromatic amines is 1. The highest BCUT2D eigenvalue weighted by Gasteiger charge is 2.19. The second kappa shape index (κ2) is 3.84. The first-order chi connectivity index (χ1) is 8.22. The number of rotatable bonds is 1. The van der Waals surface area contributed by atoms with Gasteiger partial charge in [0.15, 0.2) is 0 Å². The van der Waals surface area contributed by atoms with Crippen molar-refractivity contribution in [3.63, 3.8) is 0 Å². The Bertz CT molecular complexity index is 525. The van der Waals surface area contributed by atoms with Gasteiger partial charge in [-0.05, 0) is 13.8 Å². The Morgan fingerprint density at radius 1 is 1.29 bits per heavy atom. The van der Waals surface area contributed by atoms with E-state index in [1.165, 1.54) is 11.3 Å². The van der Waals surface area contributed by atoms with Crippen molar-refractivity contribution in [1.82, 2.24) is 20.2 Å².